The first-order valence-corrected chi connectivity index (χ1v) is 7.68. The van der Waals surface area contributed by atoms with Crippen molar-refractivity contribution in [2.24, 2.45) is 0 Å². The van der Waals surface area contributed by atoms with E-state index in [1.165, 1.54) is 4.90 Å². The van der Waals surface area contributed by atoms with Crippen LogP contribution in [0.1, 0.15) is 15.9 Å². The quantitative estimate of drug-likeness (QED) is 0.909. The molecule has 0 saturated heterocycles. The van der Waals surface area contributed by atoms with E-state index >= 15 is 0 Å². The molecule has 0 aliphatic carbocycles. The maximum Gasteiger partial charge on any atom is 0.254 e. The predicted octanol–water partition coefficient (Wildman–Crippen LogP) is 3.88. The third-order valence-corrected chi connectivity index (χ3v) is 3.73. The summed E-state index contributed by atoms with van der Waals surface area (Å²) in [6.45, 7) is 0. The third kappa shape index (κ3) is 4.71. The highest BCUT2D eigenvalue weighted by Crippen LogP contribution is 2.22. The van der Waals surface area contributed by atoms with E-state index in [9.17, 15) is 9.59 Å². The standard InChI is InChI=1S/C17H16Cl2N2O2/c1-21(2)17(23)14-8-7-13(10-15(14)19)20-16(22)9-11-3-5-12(18)6-4-11/h3-8,10H,9H2,1-2H3,(H,20,22). The van der Waals surface area contributed by atoms with Crippen molar-refractivity contribution in [3.05, 3.63) is 63.6 Å². The Bertz CT molecular complexity index is 728. The lowest BCUT2D eigenvalue weighted by atomic mass is 10.1. The Morgan fingerprint density at radius 3 is 2.26 bits per heavy atom. The number of carbonyl (C=O) groups is 2. The maximum absolute atomic E-state index is 12.0. The van der Waals surface area contributed by atoms with Crippen LogP contribution in [0.3, 0.4) is 0 Å². The molecule has 0 radical (unpaired) electrons. The molecule has 0 heterocycles. The Labute approximate surface area is 145 Å². The molecule has 120 valence electrons. The molecule has 0 bridgehead atoms. The van der Waals surface area contributed by atoms with Crippen LogP contribution in [0.5, 0.6) is 0 Å². The van der Waals surface area contributed by atoms with E-state index in [2.05, 4.69) is 5.32 Å². The summed E-state index contributed by atoms with van der Waals surface area (Å²) < 4.78 is 0. The van der Waals surface area contributed by atoms with Gasteiger partial charge in [0, 0.05) is 24.8 Å². The van der Waals surface area contributed by atoms with Crippen LogP contribution < -0.4 is 5.32 Å². The molecule has 6 heteroatoms. The number of rotatable bonds is 4. The minimum Gasteiger partial charge on any atom is -0.345 e. The van der Waals surface area contributed by atoms with E-state index in [1.807, 2.05) is 0 Å². The highest BCUT2D eigenvalue weighted by molar-refractivity contribution is 6.34. The van der Waals surface area contributed by atoms with Gasteiger partial charge in [-0.3, -0.25) is 9.59 Å². The average Bonchev–Trinajstić information content (AvgIpc) is 2.49. The van der Waals surface area contributed by atoms with Gasteiger partial charge in [-0.25, -0.2) is 0 Å². The fourth-order valence-corrected chi connectivity index (χ4v) is 2.39. The van der Waals surface area contributed by atoms with E-state index in [1.54, 1.807) is 56.6 Å². The normalized spacial score (nSPS) is 10.3. The summed E-state index contributed by atoms with van der Waals surface area (Å²) in [7, 11) is 3.31. The number of halogens is 2. The van der Waals surface area contributed by atoms with Crippen LogP contribution in [0.15, 0.2) is 42.5 Å². The number of carbonyl (C=O) groups excluding carboxylic acids is 2. The van der Waals surface area contributed by atoms with Crippen LogP contribution in [0.25, 0.3) is 0 Å². The van der Waals surface area contributed by atoms with Crippen molar-refractivity contribution in [3.8, 4) is 0 Å². The fraction of sp³-hybridized carbons (Fsp3) is 0.176. The molecule has 2 aromatic rings. The van der Waals surface area contributed by atoms with Crippen molar-refractivity contribution in [2.45, 2.75) is 6.42 Å². The number of nitrogens with one attached hydrogen (secondary N) is 1. The number of nitrogens with zero attached hydrogens (tertiary/aromatic N) is 1. The number of anilines is 1. The minimum atomic E-state index is -0.186. The maximum atomic E-state index is 12.0. The zero-order chi connectivity index (χ0) is 17.0. The molecule has 2 amide bonds. The number of benzene rings is 2. The number of hydrogen-bond acceptors (Lipinski definition) is 2. The van der Waals surface area contributed by atoms with Gasteiger partial charge in [-0.1, -0.05) is 35.3 Å². The SMILES string of the molecule is CN(C)C(=O)c1ccc(NC(=O)Cc2ccc(Cl)cc2)cc1Cl. The van der Waals surface area contributed by atoms with E-state index in [0.717, 1.165) is 5.56 Å². The van der Waals surface area contributed by atoms with Gasteiger partial charge in [0.25, 0.3) is 5.91 Å². The summed E-state index contributed by atoms with van der Waals surface area (Å²) in [6, 6.07) is 11.9. The van der Waals surface area contributed by atoms with Gasteiger partial charge in [0.1, 0.15) is 0 Å². The summed E-state index contributed by atoms with van der Waals surface area (Å²) >= 11 is 11.9. The summed E-state index contributed by atoms with van der Waals surface area (Å²) in [5.41, 5.74) is 1.80. The molecule has 0 spiro atoms. The molecular weight excluding hydrogens is 335 g/mol. The van der Waals surface area contributed by atoms with Crippen LogP contribution in [0.2, 0.25) is 10.0 Å². The van der Waals surface area contributed by atoms with Crippen LogP contribution in [-0.4, -0.2) is 30.8 Å². The molecule has 23 heavy (non-hydrogen) atoms. The van der Waals surface area contributed by atoms with Crippen molar-refractivity contribution in [3.63, 3.8) is 0 Å². The van der Waals surface area contributed by atoms with Crippen molar-refractivity contribution in [1.29, 1.82) is 0 Å². The van der Waals surface area contributed by atoms with Crippen molar-refractivity contribution < 1.29 is 9.59 Å². The Balaban J connectivity index is 2.05. The lowest BCUT2D eigenvalue weighted by Gasteiger charge is -2.13. The average molecular weight is 351 g/mol. The minimum absolute atomic E-state index is 0.171. The Kier molecular flexibility index (Phi) is 5.64. The van der Waals surface area contributed by atoms with Crippen LogP contribution >= 0.6 is 23.2 Å². The largest absolute Gasteiger partial charge is 0.345 e. The molecule has 0 fully saturated rings. The second kappa shape index (κ2) is 7.49. The summed E-state index contributed by atoms with van der Waals surface area (Å²) in [5.74, 6) is -0.357. The summed E-state index contributed by atoms with van der Waals surface area (Å²) in [4.78, 5) is 25.4. The van der Waals surface area contributed by atoms with Gasteiger partial charge in [0.05, 0.1) is 17.0 Å². The highest BCUT2D eigenvalue weighted by Gasteiger charge is 2.13. The Morgan fingerprint density at radius 2 is 1.70 bits per heavy atom. The number of amides is 2. The van der Waals surface area contributed by atoms with Gasteiger partial charge in [-0.2, -0.15) is 0 Å². The predicted molar refractivity (Wildman–Crippen MR) is 93.3 cm³/mol. The van der Waals surface area contributed by atoms with Gasteiger partial charge in [-0.15, -0.1) is 0 Å². The topological polar surface area (TPSA) is 49.4 Å². The molecule has 0 unspecified atom stereocenters. The van der Waals surface area contributed by atoms with E-state index in [0.29, 0.717) is 21.3 Å². The molecule has 1 N–H and O–H groups in total. The first-order valence-electron chi connectivity index (χ1n) is 6.92. The zero-order valence-electron chi connectivity index (χ0n) is 12.8. The molecule has 0 aliphatic heterocycles. The first kappa shape index (κ1) is 17.3. The molecular formula is C17H16Cl2N2O2. The second-order valence-corrected chi connectivity index (χ2v) is 6.09. The van der Waals surface area contributed by atoms with Gasteiger partial charge in [0.15, 0.2) is 0 Å². The van der Waals surface area contributed by atoms with Crippen molar-refractivity contribution in [2.75, 3.05) is 19.4 Å². The van der Waals surface area contributed by atoms with Gasteiger partial charge in [0.2, 0.25) is 5.91 Å². The van der Waals surface area contributed by atoms with Crippen molar-refractivity contribution >= 4 is 40.7 Å². The van der Waals surface area contributed by atoms with Crippen LogP contribution in [-0.2, 0) is 11.2 Å². The highest BCUT2D eigenvalue weighted by atomic mass is 35.5. The summed E-state index contributed by atoms with van der Waals surface area (Å²) in [5, 5.41) is 3.69. The molecule has 4 nitrogen and oxygen atoms in total. The van der Waals surface area contributed by atoms with Crippen LogP contribution in [0, 0.1) is 0 Å². The zero-order valence-corrected chi connectivity index (χ0v) is 14.3. The van der Waals surface area contributed by atoms with Crippen LogP contribution in [0.4, 0.5) is 5.69 Å². The molecule has 2 aromatic carbocycles. The monoisotopic (exact) mass is 350 g/mol. The van der Waals surface area contributed by atoms with E-state index in [-0.39, 0.29) is 18.2 Å². The molecule has 0 aromatic heterocycles. The molecule has 2 rings (SSSR count). The third-order valence-electron chi connectivity index (χ3n) is 3.17. The Morgan fingerprint density at radius 1 is 1.04 bits per heavy atom. The van der Waals surface area contributed by atoms with E-state index < -0.39 is 0 Å². The smallest absolute Gasteiger partial charge is 0.254 e. The van der Waals surface area contributed by atoms with Crippen molar-refractivity contribution in [1.82, 2.24) is 4.90 Å². The van der Waals surface area contributed by atoms with Gasteiger partial charge >= 0.3 is 0 Å². The molecule has 0 atom stereocenters. The first-order chi connectivity index (χ1) is 10.9. The fourth-order valence-electron chi connectivity index (χ4n) is 2.00. The number of hydrogen-bond donors (Lipinski definition) is 1. The molecule has 0 saturated carbocycles. The lowest BCUT2D eigenvalue weighted by Crippen LogP contribution is -2.22. The van der Waals surface area contributed by atoms with Gasteiger partial charge < -0.3 is 10.2 Å². The van der Waals surface area contributed by atoms with E-state index in [4.69, 9.17) is 23.2 Å². The summed E-state index contributed by atoms with van der Waals surface area (Å²) in [6.07, 6.45) is 0.229. The second-order valence-electron chi connectivity index (χ2n) is 5.25. The Hall–Kier alpha value is -2.04. The molecule has 0 aliphatic rings. The van der Waals surface area contributed by atoms with Gasteiger partial charge in [-0.05, 0) is 35.9 Å². The lowest BCUT2D eigenvalue weighted by molar-refractivity contribution is -0.115.